The zero-order valence-electron chi connectivity index (χ0n) is 33.3. The fourth-order valence-electron chi connectivity index (χ4n) is 3.40. The smallest absolute Gasteiger partial charge is 0.870 e. The number of aldehydes is 1. The number of carbonyl (C=O) groups excluding carboxylic acids is 3. The molecule has 0 heterocycles. The fraction of sp³-hybridized carbons (Fsp3) is 0.694. The molecule has 0 saturated heterocycles. The molecular weight excluding hydrogens is 1010 g/mol. The minimum Gasteiger partial charge on any atom is -0.870 e. The van der Waals surface area contributed by atoms with Crippen LogP contribution in [0.3, 0.4) is 0 Å². The number of alkyl halides is 8. The van der Waals surface area contributed by atoms with Crippen LogP contribution in [0.4, 0.5) is 26.3 Å². The molecule has 0 aromatic heterocycles. The summed E-state index contributed by atoms with van der Waals surface area (Å²) >= 11 is 21.7. The molecule has 3 aliphatic carbocycles. The van der Waals surface area contributed by atoms with E-state index in [4.69, 9.17) is 26.2 Å². The van der Waals surface area contributed by atoms with Gasteiger partial charge >= 0.3 is 37.0 Å². The van der Waals surface area contributed by atoms with Gasteiger partial charge in [-0.2, -0.15) is 4.39 Å². The first-order valence-corrected chi connectivity index (χ1v) is 20.6. The first-order valence-electron chi connectivity index (χ1n) is 16.6. The Balaban J connectivity index is -0.0000000807. The average Bonchev–Trinajstić information content (AvgIpc) is 3.67. The van der Waals surface area contributed by atoms with E-state index in [1.165, 1.54) is 51.4 Å². The van der Waals surface area contributed by atoms with Crippen molar-refractivity contribution >= 4 is 99.5 Å². The standard InChI is InChI=1S/C10H15FO2.C7H14O.C5H9F.C4H6ClF.C3H2Br3FO.C3H3FO.C3H6.CHCl2F.Na.H2O/c1-8(11)10(12)13-7-9-5-3-2-4-6-9;8-6-7-4-2-1-3-5-7;1-4(2)5(3)6;1-3-2-4(3,5)6;4-1-3(6,7)2(5)8;1-3(4)2-5;1-3-2;2-1(3)4;;/h9H,1-7H2;7-8H,1-6H2;4H,3H2,1-2H3;3H,2H2,1H3;1H2;2H,1H2;3H,1H2,2H3;1H;;1H2/q;;;;;;;;+1;. The quantitative estimate of drug-likeness (QED) is 0.0379. The molecular formula is C36H58Br3Cl3F6NaO6+. The fourth-order valence-corrected chi connectivity index (χ4v) is 4.40. The van der Waals surface area contributed by atoms with Gasteiger partial charge in [-0.05, 0) is 76.3 Å². The summed E-state index contributed by atoms with van der Waals surface area (Å²) in [5, 5.41) is 5.60. The molecule has 6 nitrogen and oxygen atoms in total. The third kappa shape index (κ3) is 56.7. The second kappa shape index (κ2) is 44.1. The molecule has 3 aliphatic rings. The summed E-state index contributed by atoms with van der Waals surface area (Å²) in [6.07, 6.45) is 14.8. The van der Waals surface area contributed by atoms with Gasteiger partial charge in [-0.15, -0.1) is 6.58 Å². The van der Waals surface area contributed by atoms with Crippen molar-refractivity contribution < 1.29 is 87.0 Å². The molecule has 19 heteroatoms. The second-order valence-corrected chi connectivity index (χ2v) is 16.1. The van der Waals surface area contributed by atoms with Gasteiger partial charge in [0.1, 0.15) is 0 Å². The van der Waals surface area contributed by atoms with Crippen LogP contribution in [0.25, 0.3) is 0 Å². The molecule has 0 bridgehead atoms. The van der Waals surface area contributed by atoms with Gasteiger partial charge in [0.25, 0.3) is 0 Å². The van der Waals surface area contributed by atoms with Crippen molar-refractivity contribution in [2.45, 2.75) is 113 Å². The van der Waals surface area contributed by atoms with Gasteiger partial charge in [-0.25, -0.2) is 26.7 Å². The SMILES string of the molecule is C=C(F)C(=O)OCC1CCCCC1.C=C(F)C(C)C.C=C(F)C=O.C=CC.CC1CC1(F)Cl.FC(Cl)Cl.O=C(Br)C(F)(Br)CBr.OCC1CCCCC1.[H+].[Na+].[OH-]. The molecule has 0 amide bonds. The van der Waals surface area contributed by atoms with E-state index in [1.807, 2.05) is 6.92 Å². The molecule has 0 spiro atoms. The van der Waals surface area contributed by atoms with Crippen LogP contribution >= 0.6 is 82.6 Å². The summed E-state index contributed by atoms with van der Waals surface area (Å²) in [6.45, 7) is 20.0. The van der Waals surface area contributed by atoms with Gasteiger partial charge in [0.15, 0.2) is 17.2 Å². The van der Waals surface area contributed by atoms with Gasteiger partial charge in [-0.1, -0.05) is 136 Å². The third-order valence-electron chi connectivity index (χ3n) is 6.73. The van der Waals surface area contributed by atoms with Crippen LogP contribution in [-0.2, 0) is 19.1 Å². The summed E-state index contributed by atoms with van der Waals surface area (Å²) in [4.78, 5) is 29.9. The van der Waals surface area contributed by atoms with E-state index < -0.39 is 37.1 Å². The monoisotopic (exact) mass is 1070 g/mol. The van der Waals surface area contributed by atoms with E-state index in [0.29, 0.717) is 31.5 Å². The number of aliphatic hydroxyl groups is 1. The summed E-state index contributed by atoms with van der Waals surface area (Å²) in [7, 11) is 0. The molecule has 3 atom stereocenters. The number of allylic oxidation sites excluding steroid dienone is 3. The van der Waals surface area contributed by atoms with Crippen LogP contribution in [0.1, 0.15) is 99.8 Å². The molecule has 2 N–H and O–H groups in total. The van der Waals surface area contributed by atoms with Gasteiger partial charge < -0.3 is 15.3 Å². The van der Waals surface area contributed by atoms with Crippen LogP contribution in [0.5, 0.6) is 0 Å². The van der Waals surface area contributed by atoms with Gasteiger partial charge in [0, 0.05) is 24.9 Å². The first-order chi connectivity index (χ1) is 24.3. The molecule has 322 valence electrons. The molecule has 0 aromatic rings. The number of hydrogen-bond donors (Lipinski definition) is 1. The van der Waals surface area contributed by atoms with Crippen LogP contribution in [-0.4, -0.2) is 60.9 Å². The Morgan fingerprint density at radius 1 is 1.02 bits per heavy atom. The Labute approximate surface area is 388 Å². The predicted molar refractivity (Wildman–Crippen MR) is 222 cm³/mol. The number of carbonyl (C=O) groups is 3. The van der Waals surface area contributed by atoms with Crippen molar-refractivity contribution in [2.75, 3.05) is 18.5 Å². The Kier molecular flexibility index (Phi) is 56.3. The summed E-state index contributed by atoms with van der Waals surface area (Å²) < 4.78 is 71.7. The van der Waals surface area contributed by atoms with Crippen molar-refractivity contribution in [2.24, 2.45) is 23.7 Å². The summed E-state index contributed by atoms with van der Waals surface area (Å²) in [5.41, 5.74) is 0. The molecule has 0 aliphatic heterocycles. The molecule has 0 aromatic carbocycles. The van der Waals surface area contributed by atoms with Gasteiger partial charge in [0.2, 0.25) is 20.2 Å². The minimum atomic E-state index is -1.95. The molecule has 3 saturated carbocycles. The first kappa shape index (κ1) is 70.2. The van der Waals surface area contributed by atoms with E-state index in [0.717, 1.165) is 12.8 Å². The zero-order valence-corrected chi connectivity index (χ0v) is 41.4. The van der Waals surface area contributed by atoms with E-state index in [-0.39, 0.29) is 65.7 Å². The summed E-state index contributed by atoms with van der Waals surface area (Å²) in [6, 6.07) is 0. The molecule has 3 unspecified atom stereocenters. The van der Waals surface area contributed by atoms with Crippen molar-refractivity contribution in [1.29, 1.82) is 0 Å². The van der Waals surface area contributed by atoms with Crippen LogP contribution < -0.4 is 29.6 Å². The topological polar surface area (TPSA) is 111 Å². The zero-order chi connectivity index (χ0) is 42.8. The van der Waals surface area contributed by atoms with Crippen LogP contribution in [0.2, 0.25) is 0 Å². The Bertz CT molecular complexity index is 1030. The number of ether oxygens (including phenoxy) is 1. The van der Waals surface area contributed by atoms with Crippen molar-refractivity contribution in [3.63, 3.8) is 0 Å². The van der Waals surface area contributed by atoms with Crippen molar-refractivity contribution in [3.05, 3.63) is 49.9 Å². The van der Waals surface area contributed by atoms with Crippen molar-refractivity contribution in [3.8, 4) is 0 Å². The molecule has 55 heavy (non-hydrogen) atoms. The van der Waals surface area contributed by atoms with E-state index in [2.05, 4.69) is 97.3 Å². The maximum Gasteiger partial charge on any atom is 1.00 e. The maximum atomic E-state index is 12.4. The van der Waals surface area contributed by atoms with Crippen molar-refractivity contribution in [1.82, 2.24) is 0 Å². The predicted octanol–water partition coefficient (Wildman–Crippen LogP) is 11.1. The van der Waals surface area contributed by atoms with Crippen LogP contribution in [0.15, 0.2) is 49.9 Å². The van der Waals surface area contributed by atoms with E-state index in [1.54, 1.807) is 26.8 Å². The number of aliphatic hydroxyl groups excluding tert-OH is 1. The molecule has 0 radical (unpaired) electrons. The number of halogens is 12. The second-order valence-electron chi connectivity index (χ2n) is 12.0. The number of esters is 1. The van der Waals surface area contributed by atoms with Gasteiger partial charge in [0.05, 0.1) is 17.8 Å². The minimum absolute atomic E-state index is 0. The Hall–Kier alpha value is 0.580. The third-order valence-corrected chi connectivity index (χ3v) is 10.6. The van der Waals surface area contributed by atoms with Crippen LogP contribution in [0, 0.1) is 23.7 Å². The average molecular weight is 1070 g/mol. The number of hydrogen-bond acceptors (Lipinski definition) is 6. The normalized spacial score (nSPS) is 18.9. The molecule has 3 rings (SSSR count). The summed E-state index contributed by atoms with van der Waals surface area (Å²) in [5.74, 6) is -1.92. The Morgan fingerprint density at radius 3 is 1.45 bits per heavy atom. The Morgan fingerprint density at radius 2 is 1.31 bits per heavy atom. The van der Waals surface area contributed by atoms with E-state index in [9.17, 15) is 35.9 Å². The largest absolute Gasteiger partial charge is 1.00 e. The van der Waals surface area contributed by atoms with E-state index >= 15 is 0 Å². The maximum absolute atomic E-state index is 12.4. The van der Waals surface area contributed by atoms with Gasteiger partial charge in [-0.3, -0.25) is 9.59 Å². The number of rotatable bonds is 8. The molecule has 3 fully saturated rings.